The summed E-state index contributed by atoms with van der Waals surface area (Å²) in [6, 6.07) is 3.54. The molecular weight excluding hydrogens is 194 g/mol. The maximum Gasteiger partial charge on any atom is 0.227 e. The first-order chi connectivity index (χ1) is 7.18. The van der Waals surface area contributed by atoms with Crippen molar-refractivity contribution in [2.45, 2.75) is 6.42 Å². The Hall–Kier alpha value is -1.91. The zero-order valence-corrected chi connectivity index (χ0v) is 8.09. The average Bonchev–Trinajstić information content (AvgIpc) is 2.62. The van der Waals surface area contributed by atoms with Gasteiger partial charge in [-0.2, -0.15) is 0 Å². The fourth-order valence-corrected chi connectivity index (χ4v) is 1.66. The molecule has 1 fully saturated rings. The lowest BCUT2D eigenvalue weighted by atomic mass is 10.1. The van der Waals surface area contributed by atoms with Crippen LogP contribution in [0.5, 0.6) is 0 Å². The van der Waals surface area contributed by atoms with Crippen molar-refractivity contribution in [3.8, 4) is 0 Å². The quantitative estimate of drug-likeness (QED) is 0.733. The number of carbonyl (C=O) groups is 2. The van der Waals surface area contributed by atoms with Crippen LogP contribution in [0.3, 0.4) is 0 Å². The molecule has 1 aliphatic heterocycles. The summed E-state index contributed by atoms with van der Waals surface area (Å²) in [4.78, 5) is 28.0. The van der Waals surface area contributed by atoms with Gasteiger partial charge in [0, 0.05) is 19.2 Å². The third-order valence-electron chi connectivity index (χ3n) is 2.49. The Bertz CT molecular complexity index is 391. The maximum absolute atomic E-state index is 11.6. The van der Waals surface area contributed by atoms with Gasteiger partial charge in [0.1, 0.15) is 0 Å². The van der Waals surface area contributed by atoms with Crippen molar-refractivity contribution in [2.24, 2.45) is 11.7 Å². The molecule has 78 valence electrons. The number of carbonyl (C=O) groups excluding carboxylic acids is 2. The molecule has 2 N–H and O–H groups in total. The van der Waals surface area contributed by atoms with Crippen LogP contribution in [-0.2, 0) is 9.59 Å². The third kappa shape index (κ3) is 1.81. The predicted molar refractivity (Wildman–Crippen MR) is 53.9 cm³/mol. The van der Waals surface area contributed by atoms with Gasteiger partial charge >= 0.3 is 0 Å². The number of primary amides is 1. The molecular formula is C10H11N3O2. The first kappa shape index (κ1) is 9.64. The molecule has 0 aliphatic carbocycles. The molecule has 0 spiro atoms. The fourth-order valence-electron chi connectivity index (χ4n) is 1.66. The lowest BCUT2D eigenvalue weighted by Crippen LogP contribution is -2.28. The van der Waals surface area contributed by atoms with Crippen molar-refractivity contribution in [1.82, 2.24) is 4.98 Å². The fraction of sp³-hybridized carbons (Fsp3) is 0.300. The van der Waals surface area contributed by atoms with Gasteiger partial charge in [0.2, 0.25) is 11.8 Å². The second-order valence-corrected chi connectivity index (χ2v) is 3.52. The summed E-state index contributed by atoms with van der Waals surface area (Å²) in [7, 11) is 0. The second kappa shape index (κ2) is 3.68. The van der Waals surface area contributed by atoms with Crippen molar-refractivity contribution in [3.63, 3.8) is 0 Å². The SMILES string of the molecule is NC(=O)[C@@H]1CC(=O)N(c2cccnc2)C1. The standard InChI is InChI=1S/C10H11N3O2/c11-10(15)7-4-9(14)13(6-7)8-2-1-3-12-5-8/h1-3,5,7H,4,6H2,(H2,11,15)/t7-/m1/s1. The molecule has 5 heteroatoms. The number of rotatable bonds is 2. The van der Waals surface area contributed by atoms with Gasteiger partial charge < -0.3 is 10.6 Å². The van der Waals surface area contributed by atoms with Crippen LogP contribution in [0.15, 0.2) is 24.5 Å². The molecule has 15 heavy (non-hydrogen) atoms. The monoisotopic (exact) mass is 205 g/mol. The van der Waals surface area contributed by atoms with Crippen molar-refractivity contribution in [1.29, 1.82) is 0 Å². The number of pyridine rings is 1. The van der Waals surface area contributed by atoms with Crippen LogP contribution in [0, 0.1) is 5.92 Å². The van der Waals surface area contributed by atoms with Crippen LogP contribution in [0.25, 0.3) is 0 Å². The number of amides is 2. The van der Waals surface area contributed by atoms with Crippen LogP contribution in [0.4, 0.5) is 5.69 Å². The summed E-state index contributed by atoms with van der Waals surface area (Å²) >= 11 is 0. The van der Waals surface area contributed by atoms with E-state index in [-0.39, 0.29) is 18.2 Å². The molecule has 1 aliphatic rings. The Morgan fingerprint density at radius 2 is 2.40 bits per heavy atom. The molecule has 1 atom stereocenters. The van der Waals surface area contributed by atoms with Crippen LogP contribution in [-0.4, -0.2) is 23.3 Å². The second-order valence-electron chi connectivity index (χ2n) is 3.52. The Morgan fingerprint density at radius 3 is 2.93 bits per heavy atom. The van der Waals surface area contributed by atoms with Gasteiger partial charge in [-0.15, -0.1) is 0 Å². The largest absolute Gasteiger partial charge is 0.369 e. The molecule has 0 unspecified atom stereocenters. The Balaban J connectivity index is 2.19. The van der Waals surface area contributed by atoms with Crippen LogP contribution in [0.1, 0.15) is 6.42 Å². The molecule has 1 aromatic rings. The van der Waals surface area contributed by atoms with Gasteiger partial charge in [-0.25, -0.2) is 0 Å². The lowest BCUT2D eigenvalue weighted by molar-refractivity contribution is -0.123. The molecule has 2 heterocycles. The zero-order valence-electron chi connectivity index (χ0n) is 8.09. The summed E-state index contributed by atoms with van der Waals surface area (Å²) in [5.41, 5.74) is 5.88. The number of hydrogen-bond donors (Lipinski definition) is 1. The smallest absolute Gasteiger partial charge is 0.227 e. The Labute approximate surface area is 86.9 Å². The zero-order chi connectivity index (χ0) is 10.8. The highest BCUT2D eigenvalue weighted by atomic mass is 16.2. The van der Waals surface area contributed by atoms with E-state index in [1.807, 2.05) is 0 Å². The van der Waals surface area contributed by atoms with E-state index < -0.39 is 5.91 Å². The molecule has 0 aromatic carbocycles. The number of hydrogen-bond acceptors (Lipinski definition) is 3. The topological polar surface area (TPSA) is 76.3 Å². The van der Waals surface area contributed by atoms with Gasteiger partial charge in [-0.1, -0.05) is 0 Å². The lowest BCUT2D eigenvalue weighted by Gasteiger charge is -2.15. The van der Waals surface area contributed by atoms with Crippen molar-refractivity contribution in [2.75, 3.05) is 11.4 Å². The molecule has 5 nitrogen and oxygen atoms in total. The molecule has 1 aromatic heterocycles. The Morgan fingerprint density at radius 1 is 1.60 bits per heavy atom. The van der Waals surface area contributed by atoms with Crippen molar-refractivity contribution in [3.05, 3.63) is 24.5 Å². The van der Waals surface area contributed by atoms with Crippen molar-refractivity contribution >= 4 is 17.5 Å². The maximum atomic E-state index is 11.6. The van der Waals surface area contributed by atoms with Crippen LogP contribution >= 0.6 is 0 Å². The summed E-state index contributed by atoms with van der Waals surface area (Å²) in [6.07, 6.45) is 3.43. The van der Waals surface area contributed by atoms with E-state index in [4.69, 9.17) is 5.73 Å². The van der Waals surface area contributed by atoms with E-state index in [0.717, 1.165) is 0 Å². The van der Waals surface area contributed by atoms with Gasteiger partial charge in [0.15, 0.2) is 0 Å². The summed E-state index contributed by atoms with van der Waals surface area (Å²) in [6.45, 7) is 0.361. The average molecular weight is 205 g/mol. The number of anilines is 1. The minimum Gasteiger partial charge on any atom is -0.369 e. The number of aromatic nitrogens is 1. The predicted octanol–water partition coefficient (Wildman–Crippen LogP) is -0.0802. The number of nitrogens with zero attached hydrogens (tertiary/aromatic N) is 2. The highest BCUT2D eigenvalue weighted by Crippen LogP contribution is 2.23. The molecule has 2 rings (SSSR count). The summed E-state index contributed by atoms with van der Waals surface area (Å²) < 4.78 is 0. The minimum atomic E-state index is -0.422. The van der Waals surface area contributed by atoms with E-state index >= 15 is 0 Å². The van der Waals surface area contributed by atoms with E-state index in [0.29, 0.717) is 12.2 Å². The van der Waals surface area contributed by atoms with Gasteiger partial charge in [-0.05, 0) is 12.1 Å². The molecule has 0 bridgehead atoms. The van der Waals surface area contributed by atoms with Crippen molar-refractivity contribution < 1.29 is 9.59 Å². The van der Waals surface area contributed by atoms with E-state index in [2.05, 4.69) is 4.98 Å². The first-order valence-electron chi connectivity index (χ1n) is 4.68. The molecule has 0 radical (unpaired) electrons. The normalized spacial score (nSPS) is 20.7. The van der Waals surface area contributed by atoms with Gasteiger partial charge in [-0.3, -0.25) is 14.6 Å². The van der Waals surface area contributed by atoms with E-state index in [1.165, 1.54) is 0 Å². The van der Waals surface area contributed by atoms with E-state index in [9.17, 15) is 9.59 Å². The summed E-state index contributed by atoms with van der Waals surface area (Å²) in [5, 5.41) is 0. The highest BCUT2D eigenvalue weighted by Gasteiger charge is 2.33. The third-order valence-corrected chi connectivity index (χ3v) is 2.49. The van der Waals surface area contributed by atoms with Gasteiger partial charge in [0.25, 0.3) is 0 Å². The van der Waals surface area contributed by atoms with Gasteiger partial charge in [0.05, 0.1) is 17.8 Å². The number of nitrogens with two attached hydrogens (primary N) is 1. The minimum absolute atomic E-state index is 0.0770. The molecule has 2 amide bonds. The molecule has 1 saturated heterocycles. The Kier molecular flexibility index (Phi) is 2.37. The van der Waals surface area contributed by atoms with E-state index in [1.54, 1.807) is 29.4 Å². The van der Waals surface area contributed by atoms with Crippen LogP contribution < -0.4 is 10.6 Å². The molecule has 0 saturated carbocycles. The van der Waals surface area contributed by atoms with Crippen LogP contribution in [0.2, 0.25) is 0 Å². The highest BCUT2D eigenvalue weighted by molar-refractivity contribution is 5.99. The summed E-state index contributed by atoms with van der Waals surface area (Å²) in [5.74, 6) is -0.876. The first-order valence-corrected chi connectivity index (χ1v) is 4.68.